The van der Waals surface area contributed by atoms with Gasteiger partial charge in [0, 0.05) is 31.6 Å². The number of carbonyl (C=O) groups excluding carboxylic acids is 1. The smallest absolute Gasteiger partial charge is 0.410 e. The molecule has 1 aromatic carbocycles. The minimum atomic E-state index is -0.220. The van der Waals surface area contributed by atoms with Crippen LogP contribution in [0.2, 0.25) is 0 Å². The zero-order valence-electron chi connectivity index (χ0n) is 13.6. The van der Waals surface area contributed by atoms with Crippen molar-refractivity contribution in [1.82, 2.24) is 9.80 Å². The minimum Gasteiger partial charge on any atom is -0.445 e. The second-order valence-corrected chi connectivity index (χ2v) is 6.64. The Morgan fingerprint density at radius 1 is 1.22 bits per heavy atom. The predicted molar refractivity (Wildman–Crippen MR) is 88.0 cm³/mol. The van der Waals surface area contributed by atoms with E-state index in [9.17, 15) is 9.90 Å². The molecule has 2 aliphatic heterocycles. The fraction of sp³-hybridized carbons (Fsp3) is 0.611. The first-order valence-corrected chi connectivity index (χ1v) is 8.57. The minimum absolute atomic E-state index is 0.220. The van der Waals surface area contributed by atoms with Crippen LogP contribution < -0.4 is 0 Å². The number of hydrogen-bond donors (Lipinski definition) is 1. The van der Waals surface area contributed by atoms with Crippen molar-refractivity contribution in [3.8, 4) is 0 Å². The molecule has 0 bridgehead atoms. The van der Waals surface area contributed by atoms with Crippen LogP contribution in [0.4, 0.5) is 4.79 Å². The van der Waals surface area contributed by atoms with E-state index in [1.165, 1.54) is 12.8 Å². The van der Waals surface area contributed by atoms with Crippen molar-refractivity contribution >= 4 is 6.09 Å². The van der Waals surface area contributed by atoms with E-state index in [1.54, 1.807) is 4.90 Å². The molecule has 0 radical (unpaired) electrons. The Kier molecular flexibility index (Phi) is 5.51. The lowest BCUT2D eigenvalue weighted by atomic mass is 9.96. The average Bonchev–Trinajstić information content (AvgIpc) is 2.57. The molecule has 0 spiro atoms. The van der Waals surface area contributed by atoms with Gasteiger partial charge in [-0.1, -0.05) is 36.8 Å². The van der Waals surface area contributed by atoms with Crippen LogP contribution in [0, 0.1) is 5.92 Å². The first-order valence-electron chi connectivity index (χ1n) is 8.57. The van der Waals surface area contributed by atoms with E-state index in [1.807, 2.05) is 30.3 Å². The highest BCUT2D eigenvalue weighted by Crippen LogP contribution is 2.23. The van der Waals surface area contributed by atoms with Crippen molar-refractivity contribution in [1.29, 1.82) is 0 Å². The van der Waals surface area contributed by atoms with Gasteiger partial charge in [-0.3, -0.25) is 4.90 Å². The molecule has 5 heteroatoms. The third-order valence-electron chi connectivity index (χ3n) is 4.87. The van der Waals surface area contributed by atoms with E-state index in [4.69, 9.17) is 4.74 Å². The number of piperidine rings is 1. The Balaban J connectivity index is 1.37. The summed E-state index contributed by atoms with van der Waals surface area (Å²) in [7, 11) is 0. The maximum atomic E-state index is 12.0. The standard InChI is InChI=1S/C18H26N2O3/c21-13-17-8-4-5-9-19(17)10-16-11-20(12-16)18(22)23-14-15-6-2-1-3-7-15/h1-3,6-7,16-17,21H,4-5,8-14H2. The molecular weight excluding hydrogens is 292 g/mol. The van der Waals surface area contributed by atoms with Gasteiger partial charge in [-0.05, 0) is 24.9 Å². The molecule has 1 N–H and O–H groups in total. The van der Waals surface area contributed by atoms with Gasteiger partial charge in [0.15, 0.2) is 0 Å². The molecule has 0 aromatic heterocycles. The Bertz CT molecular complexity index is 502. The zero-order chi connectivity index (χ0) is 16.1. The molecule has 1 amide bonds. The highest BCUT2D eigenvalue weighted by molar-refractivity contribution is 5.68. The lowest BCUT2D eigenvalue weighted by molar-refractivity contribution is 0.0155. The first-order chi connectivity index (χ1) is 11.3. The molecule has 1 aromatic rings. The maximum Gasteiger partial charge on any atom is 0.410 e. The largest absolute Gasteiger partial charge is 0.445 e. The van der Waals surface area contributed by atoms with Crippen LogP contribution in [-0.4, -0.2) is 59.8 Å². The predicted octanol–water partition coefficient (Wildman–Crippen LogP) is 2.10. The fourth-order valence-corrected chi connectivity index (χ4v) is 3.48. The first kappa shape index (κ1) is 16.3. The summed E-state index contributed by atoms with van der Waals surface area (Å²) in [5.74, 6) is 0.506. The van der Waals surface area contributed by atoms with Gasteiger partial charge in [0.2, 0.25) is 0 Å². The Morgan fingerprint density at radius 3 is 2.74 bits per heavy atom. The molecule has 2 aliphatic rings. The molecule has 2 heterocycles. The van der Waals surface area contributed by atoms with Crippen molar-refractivity contribution in [2.45, 2.75) is 31.9 Å². The molecule has 0 aliphatic carbocycles. The van der Waals surface area contributed by atoms with E-state index < -0.39 is 0 Å². The molecule has 3 rings (SSSR count). The number of hydrogen-bond acceptors (Lipinski definition) is 4. The van der Waals surface area contributed by atoms with E-state index >= 15 is 0 Å². The van der Waals surface area contributed by atoms with Crippen LogP contribution in [-0.2, 0) is 11.3 Å². The molecule has 5 nitrogen and oxygen atoms in total. The van der Waals surface area contributed by atoms with Gasteiger partial charge in [0.05, 0.1) is 6.61 Å². The van der Waals surface area contributed by atoms with Crippen LogP contribution in [0.5, 0.6) is 0 Å². The van der Waals surface area contributed by atoms with E-state index in [0.29, 0.717) is 18.6 Å². The number of likely N-dealkylation sites (tertiary alicyclic amines) is 2. The molecule has 1 unspecified atom stereocenters. The number of carbonyl (C=O) groups is 1. The highest BCUT2D eigenvalue weighted by Gasteiger charge is 2.34. The lowest BCUT2D eigenvalue weighted by Gasteiger charge is -2.43. The van der Waals surface area contributed by atoms with Crippen molar-refractivity contribution in [3.63, 3.8) is 0 Å². The number of aliphatic hydroxyl groups excluding tert-OH is 1. The third-order valence-corrected chi connectivity index (χ3v) is 4.87. The van der Waals surface area contributed by atoms with Crippen LogP contribution in [0.15, 0.2) is 30.3 Å². The summed E-state index contributed by atoms with van der Waals surface area (Å²) in [6.07, 6.45) is 3.30. The average molecular weight is 318 g/mol. The second-order valence-electron chi connectivity index (χ2n) is 6.64. The van der Waals surface area contributed by atoms with Crippen LogP contribution in [0.1, 0.15) is 24.8 Å². The maximum absolute atomic E-state index is 12.0. The summed E-state index contributed by atoms with van der Waals surface area (Å²) in [6, 6.07) is 10.1. The SMILES string of the molecule is O=C(OCc1ccccc1)N1CC(CN2CCCCC2CO)C1. The van der Waals surface area contributed by atoms with Crippen LogP contribution in [0.3, 0.4) is 0 Å². The molecule has 2 saturated heterocycles. The van der Waals surface area contributed by atoms with E-state index in [0.717, 1.165) is 38.2 Å². The zero-order valence-corrected chi connectivity index (χ0v) is 13.6. The van der Waals surface area contributed by atoms with Crippen molar-refractivity contribution in [2.75, 3.05) is 32.8 Å². The molecule has 1 atom stereocenters. The number of benzene rings is 1. The summed E-state index contributed by atoms with van der Waals surface area (Å²) in [5.41, 5.74) is 1.01. The van der Waals surface area contributed by atoms with Crippen LogP contribution >= 0.6 is 0 Å². The summed E-state index contributed by atoms with van der Waals surface area (Å²) in [6.45, 7) is 4.16. The monoisotopic (exact) mass is 318 g/mol. The molecule has 0 saturated carbocycles. The summed E-state index contributed by atoms with van der Waals surface area (Å²) in [5, 5.41) is 9.46. The fourth-order valence-electron chi connectivity index (χ4n) is 3.48. The molecular formula is C18H26N2O3. The number of nitrogens with zero attached hydrogens (tertiary/aromatic N) is 2. The van der Waals surface area contributed by atoms with Crippen molar-refractivity contribution in [3.05, 3.63) is 35.9 Å². The van der Waals surface area contributed by atoms with Gasteiger partial charge in [-0.15, -0.1) is 0 Å². The summed E-state index contributed by atoms with van der Waals surface area (Å²) < 4.78 is 5.35. The number of amides is 1. The van der Waals surface area contributed by atoms with Gasteiger partial charge < -0.3 is 14.7 Å². The highest BCUT2D eigenvalue weighted by atomic mass is 16.6. The lowest BCUT2D eigenvalue weighted by Crippen LogP contribution is -2.56. The Morgan fingerprint density at radius 2 is 2.00 bits per heavy atom. The Labute approximate surface area is 137 Å². The number of ether oxygens (including phenoxy) is 1. The molecule has 23 heavy (non-hydrogen) atoms. The third kappa shape index (κ3) is 4.24. The van der Waals surface area contributed by atoms with Crippen molar-refractivity contribution in [2.24, 2.45) is 5.92 Å². The van der Waals surface area contributed by atoms with Gasteiger partial charge >= 0.3 is 6.09 Å². The van der Waals surface area contributed by atoms with Crippen molar-refractivity contribution < 1.29 is 14.6 Å². The summed E-state index contributed by atoms with van der Waals surface area (Å²) in [4.78, 5) is 16.2. The normalized spacial score (nSPS) is 22.7. The van der Waals surface area contributed by atoms with Crippen LogP contribution in [0.25, 0.3) is 0 Å². The number of aliphatic hydroxyl groups is 1. The van der Waals surface area contributed by atoms with Gasteiger partial charge in [0.1, 0.15) is 6.61 Å². The summed E-state index contributed by atoms with van der Waals surface area (Å²) >= 11 is 0. The number of rotatable bonds is 5. The quantitative estimate of drug-likeness (QED) is 0.903. The second kappa shape index (κ2) is 7.79. The Hall–Kier alpha value is -1.59. The van der Waals surface area contributed by atoms with Gasteiger partial charge in [0.25, 0.3) is 0 Å². The van der Waals surface area contributed by atoms with E-state index in [2.05, 4.69) is 4.90 Å². The molecule has 126 valence electrons. The molecule has 2 fully saturated rings. The van der Waals surface area contributed by atoms with E-state index in [-0.39, 0.29) is 12.7 Å². The van der Waals surface area contributed by atoms with Gasteiger partial charge in [-0.25, -0.2) is 4.79 Å². The van der Waals surface area contributed by atoms with Gasteiger partial charge in [-0.2, -0.15) is 0 Å². The topological polar surface area (TPSA) is 53.0 Å².